The van der Waals surface area contributed by atoms with E-state index in [4.69, 9.17) is 0 Å². The fourth-order valence-electron chi connectivity index (χ4n) is 3.18. The monoisotopic (exact) mass is 294 g/mol. The van der Waals surface area contributed by atoms with Gasteiger partial charge in [0, 0.05) is 26.2 Å². The van der Waals surface area contributed by atoms with Crippen LogP contribution in [0.25, 0.3) is 0 Å². The lowest BCUT2D eigenvalue weighted by molar-refractivity contribution is 0.293. The highest BCUT2D eigenvalue weighted by molar-refractivity contribution is 4.90. The van der Waals surface area contributed by atoms with Gasteiger partial charge in [0.25, 0.3) is 0 Å². The summed E-state index contributed by atoms with van der Waals surface area (Å²) in [6, 6.07) is 0. The van der Waals surface area contributed by atoms with Crippen molar-refractivity contribution in [3.63, 3.8) is 0 Å². The van der Waals surface area contributed by atoms with Crippen molar-refractivity contribution in [1.82, 2.24) is 20.4 Å². The summed E-state index contributed by atoms with van der Waals surface area (Å²) < 4.78 is 0. The molecule has 0 saturated carbocycles. The molecular weight excluding hydrogens is 260 g/mol. The lowest BCUT2D eigenvalue weighted by atomic mass is 10.2. The summed E-state index contributed by atoms with van der Waals surface area (Å²) in [6.07, 6.45) is 11.2. The summed E-state index contributed by atoms with van der Waals surface area (Å²) in [5, 5.41) is 7.08. The first kappa shape index (κ1) is 16.9. The van der Waals surface area contributed by atoms with E-state index in [9.17, 15) is 0 Å². The molecule has 0 bridgehead atoms. The molecule has 0 aliphatic carbocycles. The normalized spacial score (nSPS) is 20.4. The van der Waals surface area contributed by atoms with Gasteiger partial charge in [0.2, 0.25) is 0 Å². The number of nitrogens with zero attached hydrogens (tertiary/aromatic N) is 2. The molecule has 4 heteroatoms. The minimum absolute atomic E-state index is 1.10. The summed E-state index contributed by atoms with van der Waals surface area (Å²) in [5.74, 6) is 0. The van der Waals surface area contributed by atoms with Crippen LogP contribution in [0.1, 0.15) is 32.1 Å². The summed E-state index contributed by atoms with van der Waals surface area (Å²) in [7, 11) is 0. The van der Waals surface area contributed by atoms with E-state index in [-0.39, 0.29) is 0 Å². The van der Waals surface area contributed by atoms with Crippen LogP contribution in [0.4, 0.5) is 0 Å². The maximum atomic E-state index is 3.54. The highest BCUT2D eigenvalue weighted by atomic mass is 15.1. The van der Waals surface area contributed by atoms with Crippen LogP contribution in [0.2, 0.25) is 0 Å². The molecule has 1 saturated heterocycles. The van der Waals surface area contributed by atoms with E-state index in [1.165, 1.54) is 64.8 Å². The van der Waals surface area contributed by atoms with Gasteiger partial charge in [0.05, 0.1) is 0 Å². The van der Waals surface area contributed by atoms with Crippen molar-refractivity contribution >= 4 is 0 Å². The minimum Gasteiger partial charge on any atom is -0.315 e. The Balaban J connectivity index is 1.28. The molecule has 4 nitrogen and oxygen atoms in total. The third-order valence-electron chi connectivity index (χ3n) is 4.48. The Labute approximate surface area is 130 Å². The largest absolute Gasteiger partial charge is 0.315 e. The summed E-state index contributed by atoms with van der Waals surface area (Å²) in [4.78, 5) is 5.13. The zero-order valence-electron chi connectivity index (χ0n) is 13.7. The third-order valence-corrected chi connectivity index (χ3v) is 4.48. The van der Waals surface area contributed by atoms with Gasteiger partial charge in [-0.25, -0.2) is 0 Å². The molecule has 0 spiro atoms. The Morgan fingerprint density at radius 2 is 1.38 bits per heavy atom. The zero-order chi connectivity index (χ0) is 14.6. The molecule has 0 atom stereocenters. The Hall–Kier alpha value is -0.420. The van der Waals surface area contributed by atoms with E-state index < -0.39 is 0 Å². The van der Waals surface area contributed by atoms with Gasteiger partial charge in [-0.15, -0.1) is 0 Å². The molecule has 2 aliphatic heterocycles. The van der Waals surface area contributed by atoms with Crippen molar-refractivity contribution in [1.29, 1.82) is 0 Å². The molecule has 2 rings (SSSR count). The van der Waals surface area contributed by atoms with Crippen molar-refractivity contribution in [2.24, 2.45) is 0 Å². The van der Waals surface area contributed by atoms with E-state index in [0.29, 0.717) is 0 Å². The van der Waals surface area contributed by atoms with Gasteiger partial charge in [0.15, 0.2) is 0 Å². The Morgan fingerprint density at radius 3 is 2.00 bits per heavy atom. The summed E-state index contributed by atoms with van der Waals surface area (Å²) in [6.45, 7) is 12.1. The van der Waals surface area contributed by atoms with Gasteiger partial charge < -0.3 is 15.5 Å². The predicted molar refractivity (Wildman–Crippen MR) is 90.8 cm³/mol. The number of hydrogen-bond donors (Lipinski definition) is 2. The molecule has 0 aromatic rings. The van der Waals surface area contributed by atoms with Crippen LogP contribution in [0.3, 0.4) is 0 Å². The van der Waals surface area contributed by atoms with Crippen molar-refractivity contribution in [3.05, 3.63) is 12.2 Å². The Morgan fingerprint density at radius 1 is 0.714 bits per heavy atom. The number of rotatable bonds is 11. The van der Waals surface area contributed by atoms with Gasteiger partial charge in [-0.3, -0.25) is 4.90 Å². The SMILES string of the molecule is C1=CCN(CCCNCCNCCCN2CCCC2)CC1. The summed E-state index contributed by atoms with van der Waals surface area (Å²) >= 11 is 0. The molecule has 0 radical (unpaired) electrons. The van der Waals surface area contributed by atoms with Crippen LogP contribution >= 0.6 is 0 Å². The number of hydrogen-bond acceptors (Lipinski definition) is 4. The molecule has 0 aromatic carbocycles. The van der Waals surface area contributed by atoms with Crippen LogP contribution in [0, 0.1) is 0 Å². The fourth-order valence-corrected chi connectivity index (χ4v) is 3.18. The second-order valence-electron chi connectivity index (χ2n) is 6.32. The lowest BCUT2D eigenvalue weighted by Crippen LogP contribution is -2.33. The van der Waals surface area contributed by atoms with Crippen molar-refractivity contribution in [3.8, 4) is 0 Å². The quantitative estimate of drug-likeness (QED) is 0.444. The highest BCUT2D eigenvalue weighted by Crippen LogP contribution is 2.06. The van der Waals surface area contributed by atoms with Gasteiger partial charge in [-0.2, -0.15) is 0 Å². The maximum Gasteiger partial charge on any atom is 0.0163 e. The highest BCUT2D eigenvalue weighted by Gasteiger charge is 2.09. The van der Waals surface area contributed by atoms with Crippen LogP contribution < -0.4 is 10.6 Å². The Bertz CT molecular complexity index is 274. The molecule has 2 heterocycles. The molecule has 21 heavy (non-hydrogen) atoms. The van der Waals surface area contributed by atoms with Gasteiger partial charge >= 0.3 is 0 Å². The first-order chi connectivity index (χ1) is 10.4. The minimum atomic E-state index is 1.10. The van der Waals surface area contributed by atoms with E-state index in [2.05, 4.69) is 32.6 Å². The van der Waals surface area contributed by atoms with Crippen molar-refractivity contribution in [2.45, 2.75) is 32.1 Å². The molecular formula is C17H34N4. The first-order valence-corrected chi connectivity index (χ1v) is 8.96. The molecule has 0 unspecified atom stereocenters. The maximum absolute atomic E-state index is 3.54. The number of nitrogens with one attached hydrogen (secondary N) is 2. The van der Waals surface area contributed by atoms with Crippen molar-refractivity contribution in [2.75, 3.05) is 65.4 Å². The van der Waals surface area contributed by atoms with Crippen LogP contribution in [-0.2, 0) is 0 Å². The fraction of sp³-hybridized carbons (Fsp3) is 0.882. The second-order valence-corrected chi connectivity index (χ2v) is 6.32. The lowest BCUT2D eigenvalue weighted by Gasteiger charge is -2.22. The van der Waals surface area contributed by atoms with E-state index >= 15 is 0 Å². The number of likely N-dealkylation sites (tertiary alicyclic amines) is 1. The van der Waals surface area contributed by atoms with Crippen molar-refractivity contribution < 1.29 is 0 Å². The van der Waals surface area contributed by atoms with Crippen LogP contribution in [0.15, 0.2) is 12.2 Å². The summed E-state index contributed by atoms with van der Waals surface area (Å²) in [5.41, 5.74) is 0. The molecule has 2 N–H and O–H groups in total. The predicted octanol–water partition coefficient (Wildman–Crippen LogP) is 1.30. The molecule has 0 aromatic heterocycles. The Kier molecular flexibility index (Phi) is 9.03. The van der Waals surface area contributed by atoms with Crippen LogP contribution in [0.5, 0.6) is 0 Å². The first-order valence-electron chi connectivity index (χ1n) is 8.96. The van der Waals surface area contributed by atoms with E-state index in [1.54, 1.807) is 0 Å². The van der Waals surface area contributed by atoms with Gasteiger partial charge in [0.1, 0.15) is 0 Å². The van der Waals surface area contributed by atoms with E-state index in [0.717, 1.165) is 32.7 Å². The van der Waals surface area contributed by atoms with E-state index in [1.807, 2.05) is 0 Å². The zero-order valence-corrected chi connectivity index (χ0v) is 13.7. The molecule has 0 amide bonds. The average Bonchev–Trinajstić information content (AvgIpc) is 3.03. The van der Waals surface area contributed by atoms with Gasteiger partial charge in [-0.05, 0) is 71.4 Å². The molecule has 2 aliphatic rings. The average molecular weight is 294 g/mol. The standard InChI is InChI=1S/C17H34N4/c1-2-12-20(13-3-1)16-6-8-18-10-11-19-9-7-17-21-14-4-5-15-21/h1-2,18-19H,3-17H2. The molecule has 1 fully saturated rings. The second kappa shape index (κ2) is 11.2. The smallest absolute Gasteiger partial charge is 0.0163 e. The third kappa shape index (κ3) is 7.96. The topological polar surface area (TPSA) is 30.5 Å². The van der Waals surface area contributed by atoms with Gasteiger partial charge in [-0.1, -0.05) is 12.2 Å². The van der Waals surface area contributed by atoms with Crippen LogP contribution in [-0.4, -0.2) is 75.2 Å². The molecule has 122 valence electrons.